The van der Waals surface area contributed by atoms with Gasteiger partial charge in [0.1, 0.15) is 17.3 Å². The molecule has 1 atom stereocenters. The molecule has 0 aliphatic carbocycles. The molecule has 0 bridgehead atoms. The van der Waals surface area contributed by atoms with Crippen LogP contribution in [0.5, 0.6) is 11.5 Å². The van der Waals surface area contributed by atoms with Crippen molar-refractivity contribution in [3.8, 4) is 11.5 Å². The number of phenols is 1. The summed E-state index contributed by atoms with van der Waals surface area (Å²) in [5, 5.41) is 13.1. The van der Waals surface area contributed by atoms with Crippen LogP contribution < -0.4 is 10.1 Å². The molecule has 0 aliphatic rings. The molecule has 3 nitrogen and oxygen atoms in total. The highest BCUT2D eigenvalue weighted by atomic mass is 19.1. The number of halogens is 1. The lowest BCUT2D eigenvalue weighted by Crippen LogP contribution is -2.08. The van der Waals surface area contributed by atoms with Gasteiger partial charge in [0.05, 0.1) is 13.2 Å². The molecule has 0 amide bonds. The molecule has 2 rings (SSSR count). The minimum absolute atomic E-state index is 0.175. The van der Waals surface area contributed by atoms with E-state index < -0.39 is 0 Å². The number of ether oxygens (including phenoxy) is 1. The lowest BCUT2D eigenvalue weighted by Gasteiger charge is -2.19. The largest absolute Gasteiger partial charge is 0.508 e. The first-order chi connectivity index (χ1) is 9.52. The van der Waals surface area contributed by atoms with Gasteiger partial charge in [0.25, 0.3) is 0 Å². The number of hydrogen-bond acceptors (Lipinski definition) is 3. The SMILES string of the molecule is COc1ccc(O)c(C(C)Nc2cccc(F)c2C)c1. The molecule has 2 aromatic rings. The second kappa shape index (κ2) is 5.82. The molecular formula is C16H18FNO2. The Hall–Kier alpha value is -2.23. The molecule has 4 heteroatoms. The van der Waals surface area contributed by atoms with E-state index in [0.717, 1.165) is 0 Å². The zero-order valence-electron chi connectivity index (χ0n) is 11.8. The van der Waals surface area contributed by atoms with Gasteiger partial charge in [-0.1, -0.05) is 6.07 Å². The summed E-state index contributed by atoms with van der Waals surface area (Å²) < 4.78 is 18.7. The quantitative estimate of drug-likeness (QED) is 0.885. The van der Waals surface area contributed by atoms with E-state index in [9.17, 15) is 9.50 Å². The smallest absolute Gasteiger partial charge is 0.128 e. The van der Waals surface area contributed by atoms with Crippen molar-refractivity contribution in [3.05, 3.63) is 53.3 Å². The van der Waals surface area contributed by atoms with E-state index in [0.29, 0.717) is 22.6 Å². The first kappa shape index (κ1) is 14.2. The number of phenolic OH excluding ortho intramolecular Hbond substituents is 1. The lowest BCUT2D eigenvalue weighted by atomic mass is 10.1. The van der Waals surface area contributed by atoms with Crippen LogP contribution in [0.4, 0.5) is 10.1 Å². The first-order valence-electron chi connectivity index (χ1n) is 6.41. The van der Waals surface area contributed by atoms with Gasteiger partial charge in [-0.3, -0.25) is 0 Å². The Labute approximate surface area is 118 Å². The van der Waals surface area contributed by atoms with E-state index in [1.54, 1.807) is 38.3 Å². The molecular weight excluding hydrogens is 257 g/mol. The summed E-state index contributed by atoms with van der Waals surface area (Å²) in [6.45, 7) is 3.62. The van der Waals surface area contributed by atoms with E-state index in [1.807, 2.05) is 13.0 Å². The highest BCUT2D eigenvalue weighted by Crippen LogP contribution is 2.31. The van der Waals surface area contributed by atoms with Crippen LogP contribution in [-0.4, -0.2) is 12.2 Å². The predicted octanol–water partition coefficient (Wildman–Crippen LogP) is 4.02. The maximum atomic E-state index is 13.5. The molecule has 106 valence electrons. The van der Waals surface area contributed by atoms with Crippen LogP contribution >= 0.6 is 0 Å². The van der Waals surface area contributed by atoms with Crippen molar-refractivity contribution < 1.29 is 14.2 Å². The van der Waals surface area contributed by atoms with Crippen LogP contribution in [0, 0.1) is 12.7 Å². The Morgan fingerprint density at radius 3 is 2.70 bits per heavy atom. The summed E-state index contributed by atoms with van der Waals surface area (Å²) in [7, 11) is 1.57. The normalized spacial score (nSPS) is 12.0. The van der Waals surface area contributed by atoms with Gasteiger partial charge in [0.15, 0.2) is 0 Å². The van der Waals surface area contributed by atoms with Gasteiger partial charge in [-0.25, -0.2) is 4.39 Å². The Kier molecular flexibility index (Phi) is 4.13. The summed E-state index contributed by atoms with van der Waals surface area (Å²) in [5.74, 6) is 0.597. The van der Waals surface area contributed by atoms with Crippen molar-refractivity contribution in [2.24, 2.45) is 0 Å². The number of anilines is 1. The minimum Gasteiger partial charge on any atom is -0.508 e. The lowest BCUT2D eigenvalue weighted by molar-refractivity contribution is 0.410. The average Bonchev–Trinajstić information content (AvgIpc) is 2.44. The van der Waals surface area contributed by atoms with Crippen molar-refractivity contribution in [1.29, 1.82) is 0 Å². The maximum Gasteiger partial charge on any atom is 0.128 e. The Bertz CT molecular complexity index is 613. The van der Waals surface area contributed by atoms with Crippen LogP contribution in [0.15, 0.2) is 36.4 Å². The summed E-state index contributed by atoms with van der Waals surface area (Å²) >= 11 is 0. The molecule has 0 spiro atoms. The molecule has 2 N–H and O–H groups in total. The van der Waals surface area contributed by atoms with Crippen LogP contribution in [-0.2, 0) is 0 Å². The Morgan fingerprint density at radius 1 is 1.25 bits per heavy atom. The average molecular weight is 275 g/mol. The standard InChI is InChI=1S/C16H18FNO2/c1-10-14(17)5-4-6-15(10)18-11(2)13-9-12(20-3)7-8-16(13)19/h4-9,11,18-19H,1-3H3. The topological polar surface area (TPSA) is 41.5 Å². The van der Waals surface area contributed by atoms with Gasteiger partial charge in [-0.05, 0) is 44.2 Å². The summed E-state index contributed by atoms with van der Waals surface area (Å²) in [5.41, 5.74) is 1.97. The maximum absolute atomic E-state index is 13.5. The summed E-state index contributed by atoms with van der Waals surface area (Å²) in [4.78, 5) is 0. The van der Waals surface area contributed by atoms with E-state index in [4.69, 9.17) is 4.74 Å². The fraction of sp³-hybridized carbons (Fsp3) is 0.250. The van der Waals surface area contributed by atoms with Gasteiger partial charge in [0, 0.05) is 16.8 Å². The van der Waals surface area contributed by atoms with Gasteiger partial charge in [-0.2, -0.15) is 0 Å². The third-order valence-electron chi connectivity index (χ3n) is 3.34. The van der Waals surface area contributed by atoms with Crippen molar-refractivity contribution in [2.75, 3.05) is 12.4 Å². The van der Waals surface area contributed by atoms with Crippen LogP contribution in [0.2, 0.25) is 0 Å². The summed E-state index contributed by atoms with van der Waals surface area (Å²) in [6.07, 6.45) is 0. The van der Waals surface area contributed by atoms with Crippen molar-refractivity contribution in [2.45, 2.75) is 19.9 Å². The van der Waals surface area contributed by atoms with E-state index in [1.165, 1.54) is 6.07 Å². The van der Waals surface area contributed by atoms with Gasteiger partial charge >= 0.3 is 0 Å². The monoisotopic (exact) mass is 275 g/mol. The zero-order valence-corrected chi connectivity index (χ0v) is 11.8. The molecule has 0 heterocycles. The Morgan fingerprint density at radius 2 is 2.00 bits per heavy atom. The van der Waals surface area contributed by atoms with E-state index >= 15 is 0 Å². The zero-order chi connectivity index (χ0) is 14.7. The second-order valence-corrected chi connectivity index (χ2v) is 4.70. The molecule has 0 radical (unpaired) electrons. The number of rotatable bonds is 4. The van der Waals surface area contributed by atoms with Crippen molar-refractivity contribution in [1.82, 2.24) is 0 Å². The van der Waals surface area contributed by atoms with E-state index in [-0.39, 0.29) is 17.6 Å². The molecule has 1 unspecified atom stereocenters. The first-order valence-corrected chi connectivity index (χ1v) is 6.41. The Balaban J connectivity index is 2.28. The van der Waals surface area contributed by atoms with Crippen LogP contribution in [0.1, 0.15) is 24.1 Å². The van der Waals surface area contributed by atoms with Crippen molar-refractivity contribution >= 4 is 5.69 Å². The number of benzene rings is 2. The predicted molar refractivity (Wildman–Crippen MR) is 77.8 cm³/mol. The second-order valence-electron chi connectivity index (χ2n) is 4.70. The molecule has 2 aromatic carbocycles. The number of nitrogens with one attached hydrogen (secondary N) is 1. The molecule has 0 aromatic heterocycles. The molecule has 0 aliphatic heterocycles. The molecule has 20 heavy (non-hydrogen) atoms. The number of aromatic hydroxyl groups is 1. The van der Waals surface area contributed by atoms with Crippen LogP contribution in [0.3, 0.4) is 0 Å². The minimum atomic E-state index is -0.253. The summed E-state index contributed by atoms with van der Waals surface area (Å²) in [6, 6.07) is 9.76. The highest BCUT2D eigenvalue weighted by Gasteiger charge is 2.13. The van der Waals surface area contributed by atoms with Gasteiger partial charge in [-0.15, -0.1) is 0 Å². The van der Waals surface area contributed by atoms with Gasteiger partial charge < -0.3 is 15.2 Å². The van der Waals surface area contributed by atoms with Crippen molar-refractivity contribution in [3.63, 3.8) is 0 Å². The number of methoxy groups -OCH3 is 1. The molecule has 0 fully saturated rings. The number of hydrogen-bond donors (Lipinski definition) is 2. The van der Waals surface area contributed by atoms with Gasteiger partial charge in [0.2, 0.25) is 0 Å². The molecule has 0 saturated carbocycles. The third kappa shape index (κ3) is 2.85. The highest BCUT2D eigenvalue weighted by molar-refractivity contribution is 5.54. The fourth-order valence-electron chi connectivity index (χ4n) is 2.08. The van der Waals surface area contributed by atoms with Crippen LogP contribution in [0.25, 0.3) is 0 Å². The van der Waals surface area contributed by atoms with E-state index in [2.05, 4.69) is 5.32 Å². The molecule has 0 saturated heterocycles. The third-order valence-corrected chi connectivity index (χ3v) is 3.34. The fourth-order valence-corrected chi connectivity index (χ4v) is 2.08.